The van der Waals surface area contributed by atoms with E-state index < -0.39 is 0 Å². The van der Waals surface area contributed by atoms with E-state index in [4.69, 9.17) is 4.74 Å². The Labute approximate surface area is 125 Å². The van der Waals surface area contributed by atoms with Gasteiger partial charge >= 0.3 is 6.03 Å². The molecular formula is C16H23FN2O2. The van der Waals surface area contributed by atoms with Crippen LogP contribution in [0.1, 0.15) is 25.3 Å². The summed E-state index contributed by atoms with van der Waals surface area (Å²) in [7, 11) is 0. The molecule has 0 spiro atoms. The van der Waals surface area contributed by atoms with Gasteiger partial charge in [-0.3, -0.25) is 0 Å². The summed E-state index contributed by atoms with van der Waals surface area (Å²) in [6.45, 7) is 4.01. The number of hydrogen-bond acceptors (Lipinski definition) is 2. The Morgan fingerprint density at radius 3 is 3.05 bits per heavy atom. The highest BCUT2D eigenvalue weighted by Crippen LogP contribution is 2.18. The molecular weight excluding hydrogens is 271 g/mol. The SMILES string of the molecule is CC1CC(CNC(=O)NCCc2cccc(F)c2)CCO1. The lowest BCUT2D eigenvalue weighted by Gasteiger charge is -2.27. The number of ether oxygens (including phenoxy) is 1. The van der Waals surface area contributed by atoms with Gasteiger partial charge in [-0.15, -0.1) is 0 Å². The molecule has 1 aromatic carbocycles. The van der Waals surface area contributed by atoms with E-state index in [9.17, 15) is 9.18 Å². The van der Waals surface area contributed by atoms with E-state index in [1.165, 1.54) is 12.1 Å². The lowest BCUT2D eigenvalue weighted by Crippen LogP contribution is -2.40. The average molecular weight is 294 g/mol. The summed E-state index contributed by atoms with van der Waals surface area (Å²) in [5.74, 6) is 0.244. The lowest BCUT2D eigenvalue weighted by atomic mass is 9.96. The Morgan fingerprint density at radius 2 is 2.29 bits per heavy atom. The third-order valence-electron chi connectivity index (χ3n) is 3.73. The molecule has 2 amide bonds. The lowest BCUT2D eigenvalue weighted by molar-refractivity contribution is 0.00346. The molecule has 2 unspecified atom stereocenters. The fourth-order valence-corrected chi connectivity index (χ4v) is 2.59. The van der Waals surface area contributed by atoms with Crippen LogP contribution in [0.15, 0.2) is 24.3 Å². The quantitative estimate of drug-likeness (QED) is 0.876. The number of benzene rings is 1. The molecule has 4 nitrogen and oxygen atoms in total. The molecule has 1 saturated heterocycles. The number of amides is 2. The minimum Gasteiger partial charge on any atom is -0.378 e. The second kappa shape index (κ2) is 7.98. The monoisotopic (exact) mass is 294 g/mol. The molecule has 1 aromatic rings. The number of hydrogen-bond donors (Lipinski definition) is 2. The van der Waals surface area contributed by atoms with Crippen LogP contribution in [0.25, 0.3) is 0 Å². The average Bonchev–Trinajstić information content (AvgIpc) is 2.45. The second-order valence-electron chi connectivity index (χ2n) is 5.59. The number of rotatable bonds is 5. The van der Waals surface area contributed by atoms with Crippen molar-refractivity contribution < 1.29 is 13.9 Å². The predicted molar refractivity (Wildman–Crippen MR) is 79.6 cm³/mol. The van der Waals surface area contributed by atoms with E-state index in [2.05, 4.69) is 17.6 Å². The minimum atomic E-state index is -0.245. The van der Waals surface area contributed by atoms with Crippen molar-refractivity contribution in [3.8, 4) is 0 Å². The first-order valence-electron chi connectivity index (χ1n) is 7.51. The summed E-state index contributed by atoms with van der Waals surface area (Å²) in [6.07, 6.45) is 2.89. The van der Waals surface area contributed by atoms with Crippen LogP contribution in [-0.4, -0.2) is 31.8 Å². The van der Waals surface area contributed by atoms with Gasteiger partial charge in [0.15, 0.2) is 0 Å². The van der Waals surface area contributed by atoms with Crippen LogP contribution >= 0.6 is 0 Å². The molecule has 2 atom stereocenters. The topological polar surface area (TPSA) is 50.4 Å². The predicted octanol–water partition coefficient (Wildman–Crippen LogP) is 2.48. The van der Waals surface area contributed by atoms with Crippen LogP contribution < -0.4 is 10.6 Å². The zero-order chi connectivity index (χ0) is 15.1. The standard InChI is InChI=1S/C16H23FN2O2/c1-12-9-14(6-8-21-12)11-19-16(20)18-7-5-13-3-2-4-15(17)10-13/h2-4,10,12,14H,5-9,11H2,1H3,(H2,18,19,20). The van der Waals surface area contributed by atoms with Gasteiger partial charge in [0, 0.05) is 19.7 Å². The van der Waals surface area contributed by atoms with E-state index in [0.717, 1.165) is 25.0 Å². The molecule has 0 bridgehead atoms. The van der Waals surface area contributed by atoms with Crippen molar-refractivity contribution in [2.75, 3.05) is 19.7 Å². The van der Waals surface area contributed by atoms with Gasteiger partial charge in [-0.25, -0.2) is 9.18 Å². The molecule has 21 heavy (non-hydrogen) atoms. The molecule has 5 heteroatoms. The molecule has 1 fully saturated rings. The minimum absolute atomic E-state index is 0.162. The van der Waals surface area contributed by atoms with Gasteiger partial charge in [-0.2, -0.15) is 0 Å². The normalized spacial score (nSPS) is 21.8. The Balaban J connectivity index is 1.61. The molecule has 2 N–H and O–H groups in total. The van der Waals surface area contributed by atoms with E-state index in [-0.39, 0.29) is 18.0 Å². The molecule has 1 heterocycles. The van der Waals surface area contributed by atoms with Gasteiger partial charge < -0.3 is 15.4 Å². The highest BCUT2D eigenvalue weighted by atomic mass is 19.1. The Kier molecular flexibility index (Phi) is 5.99. The first-order valence-corrected chi connectivity index (χ1v) is 7.51. The van der Waals surface area contributed by atoms with Gasteiger partial charge in [0.2, 0.25) is 0 Å². The number of carbonyl (C=O) groups excluding carboxylic acids is 1. The van der Waals surface area contributed by atoms with Gasteiger partial charge in [-0.05, 0) is 49.8 Å². The van der Waals surface area contributed by atoms with E-state index in [1.54, 1.807) is 6.07 Å². The maximum Gasteiger partial charge on any atom is 0.314 e. The number of carbonyl (C=O) groups is 1. The molecule has 2 rings (SSSR count). The van der Waals surface area contributed by atoms with Crippen LogP contribution in [0.2, 0.25) is 0 Å². The van der Waals surface area contributed by atoms with Crippen molar-refractivity contribution in [3.05, 3.63) is 35.6 Å². The first kappa shape index (κ1) is 15.8. The van der Waals surface area contributed by atoms with Crippen molar-refractivity contribution in [1.82, 2.24) is 10.6 Å². The van der Waals surface area contributed by atoms with Crippen molar-refractivity contribution in [2.45, 2.75) is 32.3 Å². The molecule has 116 valence electrons. The molecule has 0 aromatic heterocycles. The Hall–Kier alpha value is -1.62. The summed E-state index contributed by atoms with van der Waals surface area (Å²) in [5.41, 5.74) is 0.883. The van der Waals surface area contributed by atoms with Crippen LogP contribution in [0.4, 0.5) is 9.18 Å². The van der Waals surface area contributed by atoms with E-state index in [1.807, 2.05) is 6.07 Å². The maximum atomic E-state index is 13.0. The zero-order valence-electron chi connectivity index (χ0n) is 12.4. The highest BCUT2D eigenvalue weighted by molar-refractivity contribution is 5.73. The summed E-state index contributed by atoms with van der Waals surface area (Å²) in [4.78, 5) is 11.7. The van der Waals surface area contributed by atoms with E-state index >= 15 is 0 Å². The fourth-order valence-electron chi connectivity index (χ4n) is 2.59. The molecule has 1 aliphatic rings. The Bertz CT molecular complexity index is 467. The van der Waals surface area contributed by atoms with Crippen molar-refractivity contribution in [1.29, 1.82) is 0 Å². The molecule has 1 aliphatic heterocycles. The fraction of sp³-hybridized carbons (Fsp3) is 0.562. The molecule has 0 aliphatic carbocycles. The molecule has 0 saturated carbocycles. The Morgan fingerprint density at radius 1 is 1.43 bits per heavy atom. The van der Waals surface area contributed by atoms with Crippen LogP contribution in [0.5, 0.6) is 0 Å². The third-order valence-corrected chi connectivity index (χ3v) is 3.73. The number of halogens is 1. The largest absolute Gasteiger partial charge is 0.378 e. The van der Waals surface area contributed by atoms with E-state index in [0.29, 0.717) is 25.4 Å². The van der Waals surface area contributed by atoms with Gasteiger partial charge in [0.25, 0.3) is 0 Å². The third kappa shape index (κ3) is 5.71. The smallest absolute Gasteiger partial charge is 0.314 e. The number of nitrogens with one attached hydrogen (secondary N) is 2. The van der Waals surface area contributed by atoms with Crippen molar-refractivity contribution in [3.63, 3.8) is 0 Å². The summed E-state index contributed by atoms with van der Waals surface area (Å²) in [6, 6.07) is 6.27. The maximum absolute atomic E-state index is 13.0. The highest BCUT2D eigenvalue weighted by Gasteiger charge is 2.19. The van der Waals surface area contributed by atoms with Crippen LogP contribution in [-0.2, 0) is 11.2 Å². The van der Waals surface area contributed by atoms with Gasteiger partial charge in [-0.1, -0.05) is 12.1 Å². The second-order valence-corrected chi connectivity index (χ2v) is 5.59. The zero-order valence-corrected chi connectivity index (χ0v) is 12.4. The summed E-state index contributed by atoms with van der Waals surface area (Å²) in [5, 5.41) is 5.69. The van der Waals surface area contributed by atoms with Gasteiger partial charge in [0.1, 0.15) is 5.82 Å². The number of urea groups is 1. The van der Waals surface area contributed by atoms with Crippen molar-refractivity contribution in [2.24, 2.45) is 5.92 Å². The summed E-state index contributed by atoms with van der Waals surface area (Å²) >= 11 is 0. The summed E-state index contributed by atoms with van der Waals surface area (Å²) < 4.78 is 18.5. The van der Waals surface area contributed by atoms with Crippen molar-refractivity contribution >= 4 is 6.03 Å². The first-order chi connectivity index (χ1) is 10.1. The van der Waals surface area contributed by atoms with Gasteiger partial charge in [0.05, 0.1) is 6.10 Å². The van der Waals surface area contributed by atoms with Crippen LogP contribution in [0, 0.1) is 11.7 Å². The van der Waals surface area contributed by atoms with Crippen LogP contribution in [0.3, 0.4) is 0 Å². The molecule has 0 radical (unpaired) electrons.